The molecule has 0 atom stereocenters. The van der Waals surface area contributed by atoms with Gasteiger partial charge in [-0.2, -0.15) is 0 Å². The Balaban J connectivity index is 2.21. The number of Topliss-reactive ketones (excluding diaryl/α,β-unsaturated/α-hetero) is 1. The molecule has 0 bridgehead atoms. The number of carbonyl (C=O) groups excluding carboxylic acids is 4. The van der Waals surface area contributed by atoms with Crippen LogP contribution in [0.3, 0.4) is 0 Å². The standard InChI is InChI=1S/C15H13NO4/c1-9(7-10(2)17)13(18)8-16-14(19)11-5-3-4-6-12(11)15(16)20/h3-7H,8H2,1-2H3/b9-7+. The van der Waals surface area contributed by atoms with E-state index >= 15 is 0 Å². The molecule has 0 spiro atoms. The van der Waals surface area contributed by atoms with Gasteiger partial charge in [0.05, 0.1) is 17.7 Å². The van der Waals surface area contributed by atoms with Crippen molar-refractivity contribution in [2.24, 2.45) is 0 Å². The van der Waals surface area contributed by atoms with E-state index in [9.17, 15) is 19.2 Å². The predicted octanol–water partition coefficient (Wildman–Crippen LogP) is 1.39. The van der Waals surface area contributed by atoms with Crippen molar-refractivity contribution in [1.82, 2.24) is 4.90 Å². The van der Waals surface area contributed by atoms with Gasteiger partial charge in [-0.3, -0.25) is 24.1 Å². The van der Waals surface area contributed by atoms with Crippen LogP contribution in [0.15, 0.2) is 35.9 Å². The van der Waals surface area contributed by atoms with Gasteiger partial charge in [-0.25, -0.2) is 0 Å². The summed E-state index contributed by atoms with van der Waals surface area (Å²) in [7, 11) is 0. The molecule has 5 heteroatoms. The highest BCUT2D eigenvalue weighted by Crippen LogP contribution is 2.22. The zero-order valence-electron chi connectivity index (χ0n) is 11.2. The summed E-state index contributed by atoms with van der Waals surface area (Å²) in [5.74, 6) is -1.63. The minimum absolute atomic E-state index is 0.231. The van der Waals surface area contributed by atoms with Crippen molar-refractivity contribution >= 4 is 23.4 Å². The maximum absolute atomic E-state index is 12.1. The van der Waals surface area contributed by atoms with E-state index in [1.807, 2.05) is 0 Å². The monoisotopic (exact) mass is 271 g/mol. The number of imide groups is 1. The molecule has 0 saturated carbocycles. The van der Waals surface area contributed by atoms with Crippen molar-refractivity contribution in [1.29, 1.82) is 0 Å². The number of amides is 2. The summed E-state index contributed by atoms with van der Waals surface area (Å²) in [4.78, 5) is 47.9. The van der Waals surface area contributed by atoms with E-state index in [0.717, 1.165) is 4.90 Å². The van der Waals surface area contributed by atoms with Crippen molar-refractivity contribution in [3.05, 3.63) is 47.0 Å². The van der Waals surface area contributed by atoms with Crippen molar-refractivity contribution < 1.29 is 19.2 Å². The average molecular weight is 271 g/mol. The van der Waals surface area contributed by atoms with Crippen LogP contribution in [-0.2, 0) is 9.59 Å². The maximum Gasteiger partial charge on any atom is 0.261 e. The molecule has 1 heterocycles. The van der Waals surface area contributed by atoms with Crippen LogP contribution in [0.4, 0.5) is 0 Å². The van der Waals surface area contributed by atoms with Crippen LogP contribution in [0.1, 0.15) is 34.6 Å². The molecule has 0 unspecified atom stereocenters. The van der Waals surface area contributed by atoms with Crippen LogP contribution in [-0.4, -0.2) is 34.8 Å². The van der Waals surface area contributed by atoms with Crippen LogP contribution in [0, 0.1) is 0 Å². The fourth-order valence-corrected chi connectivity index (χ4v) is 2.04. The second-order valence-electron chi connectivity index (χ2n) is 4.60. The number of carbonyl (C=O) groups is 4. The number of nitrogens with zero attached hydrogens (tertiary/aromatic N) is 1. The highest BCUT2D eigenvalue weighted by atomic mass is 16.2. The lowest BCUT2D eigenvalue weighted by atomic mass is 10.1. The van der Waals surface area contributed by atoms with E-state index in [1.165, 1.54) is 19.9 Å². The Hall–Kier alpha value is -2.56. The summed E-state index contributed by atoms with van der Waals surface area (Å²) in [5.41, 5.74) is 0.839. The summed E-state index contributed by atoms with van der Waals surface area (Å²) in [6, 6.07) is 6.43. The van der Waals surface area contributed by atoms with Crippen LogP contribution >= 0.6 is 0 Å². The highest BCUT2D eigenvalue weighted by Gasteiger charge is 2.36. The lowest BCUT2D eigenvalue weighted by molar-refractivity contribution is -0.117. The minimum Gasteiger partial charge on any atom is -0.295 e. The number of fused-ring (bicyclic) bond motifs is 1. The quantitative estimate of drug-likeness (QED) is 0.612. The highest BCUT2D eigenvalue weighted by molar-refractivity contribution is 6.23. The average Bonchev–Trinajstić information content (AvgIpc) is 2.64. The fourth-order valence-electron chi connectivity index (χ4n) is 2.04. The van der Waals surface area contributed by atoms with Gasteiger partial charge in [0.2, 0.25) is 0 Å². The molecule has 20 heavy (non-hydrogen) atoms. The summed E-state index contributed by atoms with van der Waals surface area (Å²) >= 11 is 0. The van der Waals surface area contributed by atoms with Crippen molar-refractivity contribution in [2.45, 2.75) is 13.8 Å². The van der Waals surface area contributed by atoms with Crippen molar-refractivity contribution in [3.63, 3.8) is 0 Å². The molecule has 1 aliphatic rings. The first-order valence-electron chi connectivity index (χ1n) is 6.09. The van der Waals surface area contributed by atoms with E-state index in [2.05, 4.69) is 0 Å². The van der Waals surface area contributed by atoms with Crippen LogP contribution in [0.2, 0.25) is 0 Å². The van der Waals surface area contributed by atoms with Gasteiger partial charge in [-0.05, 0) is 37.6 Å². The lowest BCUT2D eigenvalue weighted by Crippen LogP contribution is -2.35. The number of allylic oxidation sites excluding steroid dienone is 1. The molecule has 0 aliphatic carbocycles. The first-order chi connectivity index (χ1) is 9.41. The van der Waals surface area contributed by atoms with Gasteiger partial charge in [0.25, 0.3) is 11.8 Å². The smallest absolute Gasteiger partial charge is 0.261 e. The van der Waals surface area contributed by atoms with Gasteiger partial charge in [0.15, 0.2) is 11.6 Å². The minimum atomic E-state index is -0.477. The molecule has 0 N–H and O–H groups in total. The summed E-state index contributed by atoms with van der Waals surface area (Å²) < 4.78 is 0. The summed E-state index contributed by atoms with van der Waals surface area (Å²) in [5, 5.41) is 0. The third-order valence-corrected chi connectivity index (χ3v) is 3.04. The Morgan fingerprint density at radius 1 is 1.05 bits per heavy atom. The molecule has 1 aromatic rings. The Morgan fingerprint density at radius 2 is 1.55 bits per heavy atom. The number of benzene rings is 1. The molecule has 1 aliphatic heterocycles. The zero-order valence-corrected chi connectivity index (χ0v) is 11.2. The first-order valence-corrected chi connectivity index (χ1v) is 6.09. The Kier molecular flexibility index (Phi) is 3.61. The van der Waals surface area contributed by atoms with Gasteiger partial charge >= 0.3 is 0 Å². The normalized spacial score (nSPS) is 14.5. The molecule has 0 radical (unpaired) electrons. The first kappa shape index (κ1) is 13.9. The number of ketones is 2. The van der Waals surface area contributed by atoms with E-state index in [1.54, 1.807) is 24.3 Å². The molecule has 0 aromatic heterocycles. The molecule has 102 valence electrons. The summed E-state index contributed by atoms with van der Waals surface area (Å²) in [6.07, 6.45) is 1.19. The van der Waals surface area contributed by atoms with Crippen molar-refractivity contribution in [2.75, 3.05) is 6.54 Å². The maximum atomic E-state index is 12.1. The zero-order chi connectivity index (χ0) is 14.9. The number of rotatable bonds is 4. The van der Waals surface area contributed by atoms with Crippen LogP contribution in [0.5, 0.6) is 0 Å². The SMILES string of the molecule is CC(=O)/C=C(\C)C(=O)CN1C(=O)c2ccccc2C1=O. The largest absolute Gasteiger partial charge is 0.295 e. The Morgan fingerprint density at radius 3 is 2.00 bits per heavy atom. The summed E-state index contributed by atoms with van der Waals surface area (Å²) in [6.45, 7) is 2.47. The third kappa shape index (κ3) is 2.42. The molecule has 0 fully saturated rings. The third-order valence-electron chi connectivity index (χ3n) is 3.04. The molecule has 2 amide bonds. The number of hydrogen-bond donors (Lipinski definition) is 0. The topological polar surface area (TPSA) is 71.5 Å². The molecule has 5 nitrogen and oxygen atoms in total. The Bertz CT molecular complexity index is 623. The second kappa shape index (κ2) is 5.21. The fraction of sp³-hybridized carbons (Fsp3) is 0.200. The van der Waals surface area contributed by atoms with E-state index in [-0.39, 0.29) is 17.9 Å². The lowest BCUT2D eigenvalue weighted by Gasteiger charge is -2.12. The van der Waals surface area contributed by atoms with E-state index < -0.39 is 17.6 Å². The molecule has 0 saturated heterocycles. The van der Waals surface area contributed by atoms with E-state index in [4.69, 9.17) is 0 Å². The van der Waals surface area contributed by atoms with Crippen LogP contribution in [0.25, 0.3) is 0 Å². The van der Waals surface area contributed by atoms with E-state index in [0.29, 0.717) is 11.1 Å². The van der Waals surface area contributed by atoms with Gasteiger partial charge in [-0.1, -0.05) is 12.1 Å². The molecular formula is C15H13NO4. The molecule has 2 rings (SSSR count). The predicted molar refractivity (Wildman–Crippen MR) is 71.3 cm³/mol. The number of hydrogen-bond acceptors (Lipinski definition) is 4. The van der Waals surface area contributed by atoms with Gasteiger partial charge in [0.1, 0.15) is 0 Å². The Labute approximate surface area is 115 Å². The van der Waals surface area contributed by atoms with Gasteiger partial charge < -0.3 is 0 Å². The van der Waals surface area contributed by atoms with Crippen molar-refractivity contribution in [3.8, 4) is 0 Å². The molecular weight excluding hydrogens is 258 g/mol. The van der Waals surface area contributed by atoms with Gasteiger partial charge in [0, 0.05) is 0 Å². The van der Waals surface area contributed by atoms with Crippen LogP contribution < -0.4 is 0 Å². The second-order valence-corrected chi connectivity index (χ2v) is 4.60. The molecule has 1 aromatic carbocycles. The van der Waals surface area contributed by atoms with Gasteiger partial charge in [-0.15, -0.1) is 0 Å².